The van der Waals surface area contributed by atoms with E-state index in [1.165, 1.54) is 0 Å². The lowest BCUT2D eigenvalue weighted by Crippen LogP contribution is -2.33. The molecule has 26 heavy (non-hydrogen) atoms. The standard InChI is InChI=1S/C19H17N3O4/c1-24-14-8-6-13(7-9-14)19(23)16-11-22(21-20-16)10-15-12-25-17-4-2-3-5-18(17)26-15/h2-9,11,15H,10,12H2,1H3. The third kappa shape index (κ3) is 3.23. The summed E-state index contributed by atoms with van der Waals surface area (Å²) in [5.41, 5.74) is 0.816. The molecule has 1 aromatic heterocycles. The monoisotopic (exact) mass is 351 g/mol. The molecule has 1 atom stereocenters. The smallest absolute Gasteiger partial charge is 0.214 e. The second-order valence-electron chi connectivity index (χ2n) is 5.88. The summed E-state index contributed by atoms with van der Waals surface area (Å²) < 4.78 is 18.3. The average molecular weight is 351 g/mol. The first-order valence-electron chi connectivity index (χ1n) is 8.20. The maximum absolute atomic E-state index is 12.5. The highest BCUT2D eigenvalue weighted by Gasteiger charge is 2.22. The highest BCUT2D eigenvalue weighted by molar-refractivity contribution is 6.07. The zero-order chi connectivity index (χ0) is 17.9. The quantitative estimate of drug-likeness (QED) is 0.657. The van der Waals surface area contributed by atoms with Gasteiger partial charge in [-0.05, 0) is 36.4 Å². The number of methoxy groups -OCH3 is 1. The van der Waals surface area contributed by atoms with Gasteiger partial charge < -0.3 is 14.2 Å². The second kappa shape index (κ2) is 6.87. The third-order valence-corrected chi connectivity index (χ3v) is 4.08. The second-order valence-corrected chi connectivity index (χ2v) is 5.88. The maximum Gasteiger partial charge on any atom is 0.214 e. The number of ether oxygens (including phenoxy) is 3. The molecule has 0 bridgehead atoms. The average Bonchev–Trinajstić information content (AvgIpc) is 3.16. The van der Waals surface area contributed by atoms with Crippen LogP contribution in [-0.4, -0.2) is 40.6 Å². The molecule has 3 aromatic rings. The highest BCUT2D eigenvalue weighted by Crippen LogP contribution is 2.31. The summed E-state index contributed by atoms with van der Waals surface area (Å²) in [6.45, 7) is 0.857. The lowest BCUT2D eigenvalue weighted by Gasteiger charge is -2.26. The van der Waals surface area contributed by atoms with Crippen molar-refractivity contribution in [3.8, 4) is 17.2 Å². The summed E-state index contributed by atoms with van der Waals surface area (Å²) in [5, 5.41) is 8.01. The fraction of sp³-hybridized carbons (Fsp3) is 0.211. The summed E-state index contributed by atoms with van der Waals surface area (Å²) in [4.78, 5) is 12.5. The molecule has 1 aliphatic heterocycles. The minimum Gasteiger partial charge on any atom is -0.497 e. The van der Waals surface area contributed by atoms with Crippen LogP contribution >= 0.6 is 0 Å². The van der Waals surface area contributed by atoms with Gasteiger partial charge in [-0.1, -0.05) is 17.3 Å². The Bertz CT molecular complexity index is 921. The Labute approximate surface area is 150 Å². The van der Waals surface area contributed by atoms with Crippen molar-refractivity contribution < 1.29 is 19.0 Å². The van der Waals surface area contributed by atoms with Crippen LogP contribution in [0.25, 0.3) is 0 Å². The predicted molar refractivity (Wildman–Crippen MR) is 92.8 cm³/mol. The van der Waals surface area contributed by atoms with E-state index in [9.17, 15) is 4.79 Å². The van der Waals surface area contributed by atoms with E-state index >= 15 is 0 Å². The molecular weight excluding hydrogens is 334 g/mol. The normalized spacial score (nSPS) is 15.5. The minimum absolute atomic E-state index is 0.190. The van der Waals surface area contributed by atoms with Gasteiger partial charge in [0, 0.05) is 5.56 Å². The fourth-order valence-corrected chi connectivity index (χ4v) is 2.74. The SMILES string of the molecule is COc1ccc(C(=O)c2cn(CC3COc4ccccc4O3)nn2)cc1. The van der Waals surface area contributed by atoms with Gasteiger partial charge in [-0.25, -0.2) is 4.68 Å². The van der Waals surface area contributed by atoms with Crippen LogP contribution in [0, 0.1) is 0 Å². The van der Waals surface area contributed by atoms with Crippen molar-refractivity contribution in [2.24, 2.45) is 0 Å². The molecule has 7 nitrogen and oxygen atoms in total. The van der Waals surface area contributed by atoms with E-state index in [0.717, 1.165) is 5.75 Å². The van der Waals surface area contributed by atoms with Crippen molar-refractivity contribution in [3.05, 3.63) is 66.0 Å². The van der Waals surface area contributed by atoms with Gasteiger partial charge in [-0.15, -0.1) is 5.10 Å². The van der Waals surface area contributed by atoms with Crippen molar-refractivity contribution in [1.29, 1.82) is 0 Å². The fourth-order valence-electron chi connectivity index (χ4n) is 2.74. The zero-order valence-electron chi connectivity index (χ0n) is 14.2. The number of hydrogen-bond donors (Lipinski definition) is 0. The van der Waals surface area contributed by atoms with Gasteiger partial charge in [-0.2, -0.15) is 0 Å². The first-order valence-corrected chi connectivity index (χ1v) is 8.20. The number of carbonyl (C=O) groups excluding carboxylic acids is 1. The van der Waals surface area contributed by atoms with E-state index in [-0.39, 0.29) is 17.6 Å². The molecule has 1 unspecified atom stereocenters. The molecule has 4 rings (SSSR count). The van der Waals surface area contributed by atoms with Gasteiger partial charge in [0.15, 0.2) is 23.3 Å². The summed E-state index contributed by atoms with van der Waals surface area (Å²) in [5.74, 6) is 1.95. The first-order chi connectivity index (χ1) is 12.7. The van der Waals surface area contributed by atoms with Crippen molar-refractivity contribution in [1.82, 2.24) is 15.0 Å². The number of nitrogens with zero attached hydrogens (tertiary/aromatic N) is 3. The number of hydrogen-bond acceptors (Lipinski definition) is 6. The van der Waals surface area contributed by atoms with E-state index in [0.29, 0.717) is 30.2 Å². The largest absolute Gasteiger partial charge is 0.497 e. The van der Waals surface area contributed by atoms with E-state index in [2.05, 4.69) is 10.3 Å². The Morgan fingerprint density at radius 1 is 1.19 bits per heavy atom. The molecule has 0 amide bonds. The number of benzene rings is 2. The van der Waals surface area contributed by atoms with Crippen LogP contribution in [0.3, 0.4) is 0 Å². The minimum atomic E-state index is -0.199. The van der Waals surface area contributed by atoms with Gasteiger partial charge >= 0.3 is 0 Å². The molecule has 132 valence electrons. The first kappa shape index (κ1) is 16.1. The van der Waals surface area contributed by atoms with Gasteiger partial charge in [0.1, 0.15) is 12.4 Å². The van der Waals surface area contributed by atoms with Gasteiger partial charge in [-0.3, -0.25) is 4.79 Å². The molecule has 0 N–H and O–H groups in total. The van der Waals surface area contributed by atoms with Gasteiger partial charge in [0.2, 0.25) is 5.78 Å². The Morgan fingerprint density at radius 2 is 1.96 bits per heavy atom. The van der Waals surface area contributed by atoms with E-state index in [1.807, 2.05) is 24.3 Å². The molecule has 7 heteroatoms. The summed E-state index contributed by atoms with van der Waals surface area (Å²) in [6.07, 6.45) is 1.42. The van der Waals surface area contributed by atoms with E-state index in [1.54, 1.807) is 42.3 Å². The molecule has 0 fully saturated rings. The predicted octanol–water partition coefficient (Wildman–Crippen LogP) is 2.36. The molecule has 0 aliphatic carbocycles. The van der Waals surface area contributed by atoms with Crippen molar-refractivity contribution >= 4 is 5.78 Å². The molecule has 2 aromatic carbocycles. The lowest BCUT2D eigenvalue weighted by atomic mass is 10.1. The molecule has 1 aliphatic rings. The number of carbonyl (C=O) groups is 1. The number of rotatable bonds is 5. The Kier molecular flexibility index (Phi) is 4.27. The van der Waals surface area contributed by atoms with E-state index in [4.69, 9.17) is 14.2 Å². The molecule has 0 spiro atoms. The van der Waals surface area contributed by atoms with E-state index < -0.39 is 0 Å². The topological polar surface area (TPSA) is 75.5 Å². The lowest BCUT2D eigenvalue weighted by molar-refractivity contribution is 0.0754. The highest BCUT2D eigenvalue weighted by atomic mass is 16.6. The molecule has 0 saturated heterocycles. The third-order valence-electron chi connectivity index (χ3n) is 4.08. The summed E-state index contributed by atoms with van der Waals surface area (Å²) >= 11 is 0. The number of para-hydroxylation sites is 2. The van der Waals surface area contributed by atoms with Crippen molar-refractivity contribution in [2.45, 2.75) is 12.6 Å². The molecular formula is C19H17N3O4. The van der Waals surface area contributed by atoms with Gasteiger partial charge in [0.25, 0.3) is 0 Å². The molecule has 2 heterocycles. The zero-order valence-corrected chi connectivity index (χ0v) is 14.2. The maximum atomic E-state index is 12.5. The number of ketones is 1. The molecule has 0 radical (unpaired) electrons. The van der Waals surface area contributed by atoms with Crippen LogP contribution in [0.2, 0.25) is 0 Å². The Hall–Kier alpha value is -3.35. The van der Waals surface area contributed by atoms with Crippen molar-refractivity contribution in [3.63, 3.8) is 0 Å². The molecule has 0 saturated carbocycles. The van der Waals surface area contributed by atoms with Crippen LogP contribution in [0.1, 0.15) is 16.1 Å². The summed E-state index contributed by atoms with van der Waals surface area (Å²) in [7, 11) is 1.58. The Morgan fingerprint density at radius 3 is 2.73 bits per heavy atom. The van der Waals surface area contributed by atoms with Crippen LogP contribution < -0.4 is 14.2 Å². The van der Waals surface area contributed by atoms with Crippen LogP contribution in [-0.2, 0) is 6.54 Å². The van der Waals surface area contributed by atoms with Crippen LogP contribution in [0.5, 0.6) is 17.2 Å². The van der Waals surface area contributed by atoms with Crippen molar-refractivity contribution in [2.75, 3.05) is 13.7 Å². The van der Waals surface area contributed by atoms with Gasteiger partial charge in [0.05, 0.1) is 19.9 Å². The van der Waals surface area contributed by atoms with Crippen LogP contribution in [0.15, 0.2) is 54.7 Å². The number of aromatic nitrogens is 3. The Balaban J connectivity index is 1.44. The summed E-state index contributed by atoms with van der Waals surface area (Å²) in [6, 6.07) is 14.4. The number of fused-ring (bicyclic) bond motifs is 1. The van der Waals surface area contributed by atoms with Crippen LogP contribution in [0.4, 0.5) is 0 Å².